The molecule has 1 aliphatic heterocycles. The highest BCUT2D eigenvalue weighted by molar-refractivity contribution is 5.76. The van der Waals surface area contributed by atoms with Crippen molar-refractivity contribution in [1.29, 1.82) is 0 Å². The summed E-state index contributed by atoms with van der Waals surface area (Å²) in [5, 5.41) is 7.78. The normalized spacial score (nSPS) is 20.4. The van der Waals surface area contributed by atoms with Crippen LogP contribution in [0, 0.1) is 5.92 Å². The highest BCUT2D eigenvalue weighted by atomic mass is 16.5. The van der Waals surface area contributed by atoms with Crippen LogP contribution in [0.1, 0.15) is 57.8 Å². The number of nitrogens with zero attached hydrogens (tertiary/aromatic N) is 3. The van der Waals surface area contributed by atoms with Crippen LogP contribution in [0.2, 0.25) is 0 Å². The molecule has 2 heterocycles. The van der Waals surface area contributed by atoms with Gasteiger partial charge in [-0.05, 0) is 18.4 Å². The molecule has 0 aromatic carbocycles. The third kappa shape index (κ3) is 4.91. The minimum absolute atomic E-state index is 0.147. The van der Waals surface area contributed by atoms with Gasteiger partial charge in [0.05, 0.1) is 0 Å². The van der Waals surface area contributed by atoms with Gasteiger partial charge in [-0.3, -0.25) is 4.79 Å². The molecule has 1 aliphatic carbocycles. The summed E-state index contributed by atoms with van der Waals surface area (Å²) < 4.78 is 5.83. The Labute approximate surface area is 138 Å². The Kier molecular flexibility index (Phi) is 5.83. The summed E-state index contributed by atoms with van der Waals surface area (Å²) in [4.78, 5) is 14.4. The Hall–Kier alpha value is -1.65. The smallest absolute Gasteiger partial charge is 0.233 e. The Bertz CT molecular complexity index is 480. The first kappa shape index (κ1) is 16.2. The maximum Gasteiger partial charge on any atom is 0.233 e. The van der Waals surface area contributed by atoms with Crippen LogP contribution in [-0.2, 0) is 4.79 Å². The lowest BCUT2D eigenvalue weighted by atomic mass is 9.86. The Morgan fingerprint density at radius 3 is 2.65 bits per heavy atom. The highest BCUT2D eigenvalue weighted by Crippen LogP contribution is 2.27. The van der Waals surface area contributed by atoms with Gasteiger partial charge in [-0.15, -0.1) is 5.10 Å². The minimum Gasteiger partial charge on any atom is -0.473 e. The molecule has 0 unspecified atom stereocenters. The topological polar surface area (TPSA) is 55.3 Å². The van der Waals surface area contributed by atoms with Crippen LogP contribution >= 0.6 is 0 Å². The third-order valence-electron chi connectivity index (χ3n) is 5.12. The van der Waals surface area contributed by atoms with Crippen molar-refractivity contribution in [1.82, 2.24) is 15.1 Å². The van der Waals surface area contributed by atoms with E-state index < -0.39 is 0 Å². The van der Waals surface area contributed by atoms with Gasteiger partial charge >= 0.3 is 0 Å². The van der Waals surface area contributed by atoms with Crippen molar-refractivity contribution in [2.75, 3.05) is 13.1 Å². The van der Waals surface area contributed by atoms with E-state index in [0.717, 1.165) is 44.7 Å². The summed E-state index contributed by atoms with van der Waals surface area (Å²) >= 11 is 0. The summed E-state index contributed by atoms with van der Waals surface area (Å²) in [7, 11) is 0. The molecule has 2 fully saturated rings. The molecule has 0 atom stereocenters. The average molecular weight is 317 g/mol. The molecular weight excluding hydrogens is 290 g/mol. The number of likely N-dealkylation sites (tertiary alicyclic amines) is 1. The molecule has 1 saturated heterocycles. The number of piperidine rings is 1. The van der Waals surface area contributed by atoms with Crippen LogP contribution < -0.4 is 4.74 Å². The summed E-state index contributed by atoms with van der Waals surface area (Å²) in [5.74, 6) is 1.69. The fraction of sp³-hybridized carbons (Fsp3) is 0.722. The number of rotatable bonds is 5. The molecule has 0 radical (unpaired) electrons. The zero-order chi connectivity index (χ0) is 15.9. The molecule has 5 nitrogen and oxygen atoms in total. The van der Waals surface area contributed by atoms with Crippen molar-refractivity contribution in [3.05, 3.63) is 18.3 Å². The molecule has 126 valence electrons. The number of hydrogen-bond donors (Lipinski definition) is 0. The third-order valence-corrected chi connectivity index (χ3v) is 5.12. The van der Waals surface area contributed by atoms with E-state index in [0.29, 0.717) is 11.8 Å². The second kappa shape index (κ2) is 8.27. The molecule has 2 aliphatic rings. The van der Waals surface area contributed by atoms with Crippen LogP contribution in [0.25, 0.3) is 0 Å². The van der Waals surface area contributed by atoms with Gasteiger partial charge in [0.1, 0.15) is 6.10 Å². The van der Waals surface area contributed by atoms with E-state index in [1.165, 1.54) is 32.1 Å². The van der Waals surface area contributed by atoms with Crippen molar-refractivity contribution < 1.29 is 9.53 Å². The number of amides is 1. The summed E-state index contributed by atoms with van der Waals surface area (Å²) in [6.45, 7) is 1.60. The first-order valence-corrected chi connectivity index (χ1v) is 9.03. The van der Waals surface area contributed by atoms with E-state index in [2.05, 4.69) is 10.2 Å². The molecule has 0 spiro atoms. The van der Waals surface area contributed by atoms with Gasteiger partial charge in [0.2, 0.25) is 11.8 Å². The predicted molar refractivity (Wildman–Crippen MR) is 88.1 cm³/mol. The van der Waals surface area contributed by atoms with E-state index >= 15 is 0 Å². The lowest BCUT2D eigenvalue weighted by Gasteiger charge is -2.32. The maximum absolute atomic E-state index is 12.4. The standard InChI is InChI=1S/C18H27N3O2/c22-18(9-8-15-5-2-1-3-6-15)21-13-10-16(11-14-21)23-17-7-4-12-19-20-17/h4,7,12,15-16H,1-3,5-6,8-11,13-14H2. The minimum atomic E-state index is 0.147. The molecule has 23 heavy (non-hydrogen) atoms. The van der Waals surface area contributed by atoms with Crippen LogP contribution in [0.3, 0.4) is 0 Å². The Morgan fingerprint density at radius 1 is 1.17 bits per heavy atom. The molecule has 1 amide bonds. The second-order valence-electron chi connectivity index (χ2n) is 6.80. The van der Waals surface area contributed by atoms with Gasteiger partial charge < -0.3 is 9.64 Å². The van der Waals surface area contributed by atoms with E-state index in [4.69, 9.17) is 4.74 Å². The van der Waals surface area contributed by atoms with Gasteiger partial charge in [0.25, 0.3) is 0 Å². The monoisotopic (exact) mass is 317 g/mol. The van der Waals surface area contributed by atoms with Crippen molar-refractivity contribution in [2.45, 2.75) is 63.9 Å². The largest absolute Gasteiger partial charge is 0.473 e. The number of carbonyl (C=O) groups excluding carboxylic acids is 1. The van der Waals surface area contributed by atoms with Crippen LogP contribution in [0.4, 0.5) is 0 Å². The van der Waals surface area contributed by atoms with Crippen LogP contribution in [-0.4, -0.2) is 40.2 Å². The molecule has 1 aromatic rings. The molecule has 5 heteroatoms. The second-order valence-corrected chi connectivity index (χ2v) is 6.80. The van der Waals surface area contributed by atoms with Crippen molar-refractivity contribution in [3.8, 4) is 5.88 Å². The molecule has 0 N–H and O–H groups in total. The molecule has 3 rings (SSSR count). The van der Waals surface area contributed by atoms with Gasteiger partial charge in [-0.25, -0.2) is 0 Å². The lowest BCUT2D eigenvalue weighted by molar-refractivity contribution is -0.133. The lowest BCUT2D eigenvalue weighted by Crippen LogP contribution is -2.41. The van der Waals surface area contributed by atoms with E-state index in [9.17, 15) is 4.79 Å². The first-order chi connectivity index (χ1) is 11.3. The molecule has 1 saturated carbocycles. The number of carbonyl (C=O) groups is 1. The SMILES string of the molecule is O=C(CCC1CCCCC1)N1CCC(Oc2cccnn2)CC1. The quantitative estimate of drug-likeness (QED) is 0.837. The zero-order valence-electron chi connectivity index (χ0n) is 13.8. The number of aromatic nitrogens is 2. The van der Waals surface area contributed by atoms with Crippen molar-refractivity contribution in [3.63, 3.8) is 0 Å². The number of ether oxygens (including phenoxy) is 1. The van der Waals surface area contributed by atoms with Crippen LogP contribution in [0.15, 0.2) is 18.3 Å². The van der Waals surface area contributed by atoms with Crippen molar-refractivity contribution in [2.24, 2.45) is 5.92 Å². The van der Waals surface area contributed by atoms with E-state index in [1.54, 1.807) is 6.20 Å². The summed E-state index contributed by atoms with van der Waals surface area (Å²) in [6, 6.07) is 3.65. The molecule has 0 bridgehead atoms. The fourth-order valence-electron chi connectivity index (χ4n) is 3.71. The van der Waals surface area contributed by atoms with Gasteiger partial charge in [0, 0.05) is 44.6 Å². The van der Waals surface area contributed by atoms with E-state index in [-0.39, 0.29) is 6.10 Å². The average Bonchev–Trinajstić information content (AvgIpc) is 2.62. The van der Waals surface area contributed by atoms with Crippen LogP contribution in [0.5, 0.6) is 5.88 Å². The number of hydrogen-bond acceptors (Lipinski definition) is 4. The van der Waals surface area contributed by atoms with Gasteiger partial charge in [-0.2, -0.15) is 5.10 Å². The van der Waals surface area contributed by atoms with Gasteiger partial charge in [0.15, 0.2) is 0 Å². The summed E-state index contributed by atoms with van der Waals surface area (Å²) in [6.07, 6.45) is 12.1. The fourth-order valence-corrected chi connectivity index (χ4v) is 3.71. The summed E-state index contributed by atoms with van der Waals surface area (Å²) in [5.41, 5.74) is 0. The zero-order valence-corrected chi connectivity index (χ0v) is 13.8. The molecular formula is C18H27N3O2. The molecule has 1 aromatic heterocycles. The maximum atomic E-state index is 12.4. The predicted octanol–water partition coefficient (Wildman–Crippen LogP) is 3.21. The Balaban J connectivity index is 1.37. The first-order valence-electron chi connectivity index (χ1n) is 9.03. The van der Waals surface area contributed by atoms with Gasteiger partial charge in [-0.1, -0.05) is 32.1 Å². The van der Waals surface area contributed by atoms with Crippen molar-refractivity contribution >= 4 is 5.91 Å². The van der Waals surface area contributed by atoms with E-state index in [1.807, 2.05) is 17.0 Å². The Morgan fingerprint density at radius 2 is 1.96 bits per heavy atom. The highest BCUT2D eigenvalue weighted by Gasteiger charge is 2.25.